The van der Waals surface area contributed by atoms with Gasteiger partial charge in [-0.05, 0) is 63.4 Å². The molecule has 1 aromatic carbocycles. The highest BCUT2D eigenvalue weighted by atomic mass is 15.2. The summed E-state index contributed by atoms with van der Waals surface area (Å²) in [6, 6.07) is 9.36. The summed E-state index contributed by atoms with van der Waals surface area (Å²) in [5.74, 6) is 0.760. The van der Waals surface area contributed by atoms with Crippen LogP contribution in [0.2, 0.25) is 0 Å². The lowest BCUT2D eigenvalue weighted by atomic mass is 9.84. The van der Waals surface area contributed by atoms with Crippen LogP contribution in [-0.4, -0.2) is 37.6 Å². The van der Waals surface area contributed by atoms with E-state index in [1.54, 1.807) is 0 Å². The standard InChI is InChI=1S/C17H23N3/c1-13-5-6-17(15(10-13)11-18)20-9-7-16-14(12-20)4-3-8-19(16)2/h5-6,10,14,16H,3-4,7-9,12H2,1-2H3. The zero-order valence-electron chi connectivity index (χ0n) is 12.5. The SMILES string of the molecule is Cc1ccc(N2CCC3C(CCCN3C)C2)c(C#N)c1. The minimum Gasteiger partial charge on any atom is -0.370 e. The van der Waals surface area contributed by atoms with Crippen LogP contribution < -0.4 is 4.90 Å². The van der Waals surface area contributed by atoms with Gasteiger partial charge in [0.05, 0.1) is 11.3 Å². The van der Waals surface area contributed by atoms with Crippen LogP contribution in [0.3, 0.4) is 0 Å². The van der Waals surface area contributed by atoms with E-state index in [0.29, 0.717) is 0 Å². The topological polar surface area (TPSA) is 30.3 Å². The van der Waals surface area contributed by atoms with Gasteiger partial charge >= 0.3 is 0 Å². The highest BCUT2D eigenvalue weighted by molar-refractivity contribution is 5.60. The van der Waals surface area contributed by atoms with Crippen LogP contribution in [0, 0.1) is 24.2 Å². The molecular formula is C17H23N3. The van der Waals surface area contributed by atoms with E-state index in [-0.39, 0.29) is 0 Å². The van der Waals surface area contributed by atoms with Crippen molar-refractivity contribution < 1.29 is 0 Å². The summed E-state index contributed by atoms with van der Waals surface area (Å²) in [4.78, 5) is 4.96. The molecule has 1 aromatic rings. The molecule has 2 aliphatic rings. The Bertz CT molecular complexity index is 532. The Morgan fingerprint density at radius 1 is 1.25 bits per heavy atom. The van der Waals surface area contributed by atoms with Gasteiger partial charge in [-0.15, -0.1) is 0 Å². The second-order valence-electron chi connectivity index (χ2n) is 6.32. The summed E-state index contributed by atoms with van der Waals surface area (Å²) in [6.07, 6.45) is 3.86. The largest absolute Gasteiger partial charge is 0.370 e. The number of hydrogen-bond donors (Lipinski definition) is 0. The van der Waals surface area contributed by atoms with Gasteiger partial charge in [-0.2, -0.15) is 5.26 Å². The number of rotatable bonds is 1. The lowest BCUT2D eigenvalue weighted by molar-refractivity contribution is 0.102. The van der Waals surface area contributed by atoms with Gasteiger partial charge < -0.3 is 9.80 Å². The number of likely N-dealkylation sites (tertiary alicyclic amines) is 1. The van der Waals surface area contributed by atoms with Gasteiger partial charge in [0.15, 0.2) is 0 Å². The van der Waals surface area contributed by atoms with Crippen molar-refractivity contribution in [3.63, 3.8) is 0 Å². The summed E-state index contributed by atoms with van der Waals surface area (Å²) in [5, 5.41) is 9.36. The molecule has 2 aliphatic heterocycles. The fraction of sp³-hybridized carbons (Fsp3) is 0.588. The minimum atomic E-state index is 0.746. The first-order valence-corrected chi connectivity index (χ1v) is 7.65. The highest BCUT2D eigenvalue weighted by Gasteiger charge is 2.34. The van der Waals surface area contributed by atoms with Gasteiger partial charge in [0.1, 0.15) is 6.07 Å². The number of hydrogen-bond acceptors (Lipinski definition) is 3. The molecule has 0 saturated carbocycles. The van der Waals surface area contributed by atoms with Crippen molar-refractivity contribution in [1.82, 2.24) is 4.90 Å². The minimum absolute atomic E-state index is 0.746. The van der Waals surface area contributed by atoms with Gasteiger partial charge in [0.25, 0.3) is 0 Å². The average molecular weight is 269 g/mol. The van der Waals surface area contributed by atoms with Crippen molar-refractivity contribution in [2.45, 2.75) is 32.2 Å². The van der Waals surface area contributed by atoms with Crippen LogP contribution in [0.5, 0.6) is 0 Å². The maximum Gasteiger partial charge on any atom is 0.101 e. The Balaban J connectivity index is 1.81. The van der Waals surface area contributed by atoms with Gasteiger partial charge in [-0.1, -0.05) is 6.07 Å². The summed E-state index contributed by atoms with van der Waals surface area (Å²) in [6.45, 7) is 5.47. The first-order chi connectivity index (χ1) is 9.69. The van der Waals surface area contributed by atoms with Crippen molar-refractivity contribution in [1.29, 1.82) is 5.26 Å². The van der Waals surface area contributed by atoms with E-state index in [1.807, 2.05) is 13.0 Å². The molecule has 2 unspecified atom stereocenters. The highest BCUT2D eigenvalue weighted by Crippen LogP contribution is 2.33. The number of anilines is 1. The van der Waals surface area contributed by atoms with Crippen molar-refractivity contribution in [2.75, 3.05) is 31.6 Å². The maximum absolute atomic E-state index is 9.36. The second-order valence-corrected chi connectivity index (χ2v) is 6.32. The molecular weight excluding hydrogens is 246 g/mol. The van der Waals surface area contributed by atoms with Crippen LogP contribution in [-0.2, 0) is 0 Å². The molecule has 3 nitrogen and oxygen atoms in total. The Morgan fingerprint density at radius 2 is 2.10 bits per heavy atom. The molecule has 20 heavy (non-hydrogen) atoms. The first-order valence-electron chi connectivity index (χ1n) is 7.65. The number of benzene rings is 1. The molecule has 0 bridgehead atoms. The Hall–Kier alpha value is -1.53. The van der Waals surface area contributed by atoms with E-state index in [0.717, 1.165) is 41.9 Å². The van der Waals surface area contributed by atoms with E-state index in [2.05, 4.69) is 35.0 Å². The molecule has 2 atom stereocenters. The fourth-order valence-electron chi connectivity index (χ4n) is 3.89. The molecule has 106 valence electrons. The number of fused-ring (bicyclic) bond motifs is 1. The zero-order chi connectivity index (χ0) is 14.1. The smallest absolute Gasteiger partial charge is 0.101 e. The third kappa shape index (κ3) is 2.41. The normalized spacial score (nSPS) is 26.9. The monoisotopic (exact) mass is 269 g/mol. The quantitative estimate of drug-likeness (QED) is 0.785. The first kappa shape index (κ1) is 13.5. The van der Waals surface area contributed by atoms with Crippen LogP contribution in [0.15, 0.2) is 18.2 Å². The molecule has 0 aromatic heterocycles. The Labute approximate surface area is 121 Å². The van der Waals surface area contributed by atoms with Crippen molar-refractivity contribution >= 4 is 5.69 Å². The van der Waals surface area contributed by atoms with Gasteiger partial charge in [-0.3, -0.25) is 0 Å². The molecule has 2 heterocycles. The summed E-state index contributed by atoms with van der Waals surface area (Å²) >= 11 is 0. The lowest BCUT2D eigenvalue weighted by Gasteiger charge is -2.46. The Morgan fingerprint density at radius 3 is 2.90 bits per heavy atom. The predicted molar refractivity (Wildman–Crippen MR) is 81.9 cm³/mol. The molecule has 0 amide bonds. The van der Waals surface area contributed by atoms with Crippen LogP contribution >= 0.6 is 0 Å². The summed E-state index contributed by atoms with van der Waals surface area (Å²) < 4.78 is 0. The summed E-state index contributed by atoms with van der Waals surface area (Å²) in [5.41, 5.74) is 3.12. The van der Waals surface area contributed by atoms with Crippen LogP contribution in [0.4, 0.5) is 5.69 Å². The predicted octanol–water partition coefficient (Wildman–Crippen LogP) is 2.79. The molecule has 3 rings (SSSR count). The number of aryl methyl sites for hydroxylation is 1. The molecule has 3 heteroatoms. The summed E-state index contributed by atoms with van der Waals surface area (Å²) in [7, 11) is 2.26. The van der Waals surface area contributed by atoms with Crippen LogP contribution in [0.25, 0.3) is 0 Å². The third-order valence-corrected chi connectivity index (χ3v) is 4.96. The van der Waals surface area contributed by atoms with E-state index >= 15 is 0 Å². The number of piperidine rings is 2. The second kappa shape index (κ2) is 5.46. The number of nitrogens with zero attached hydrogens (tertiary/aromatic N) is 3. The van der Waals surface area contributed by atoms with Crippen molar-refractivity contribution in [2.24, 2.45) is 5.92 Å². The fourth-order valence-corrected chi connectivity index (χ4v) is 3.89. The average Bonchev–Trinajstić information content (AvgIpc) is 2.47. The Kier molecular flexibility index (Phi) is 3.67. The van der Waals surface area contributed by atoms with Crippen LogP contribution in [0.1, 0.15) is 30.4 Å². The molecule has 0 aliphatic carbocycles. The zero-order valence-corrected chi connectivity index (χ0v) is 12.5. The molecule has 2 fully saturated rings. The molecule has 0 radical (unpaired) electrons. The molecule has 0 N–H and O–H groups in total. The van der Waals surface area contributed by atoms with E-state index in [1.165, 1.54) is 25.8 Å². The van der Waals surface area contributed by atoms with Crippen molar-refractivity contribution in [3.8, 4) is 6.07 Å². The number of nitriles is 1. The van der Waals surface area contributed by atoms with E-state index in [9.17, 15) is 5.26 Å². The van der Waals surface area contributed by atoms with E-state index < -0.39 is 0 Å². The van der Waals surface area contributed by atoms with Gasteiger partial charge in [0.2, 0.25) is 0 Å². The van der Waals surface area contributed by atoms with Gasteiger partial charge in [0, 0.05) is 19.1 Å². The van der Waals surface area contributed by atoms with E-state index in [4.69, 9.17) is 0 Å². The molecule has 0 spiro atoms. The van der Waals surface area contributed by atoms with Gasteiger partial charge in [-0.25, -0.2) is 0 Å². The lowest BCUT2D eigenvalue weighted by Crippen LogP contribution is -2.52. The van der Waals surface area contributed by atoms with Crippen molar-refractivity contribution in [3.05, 3.63) is 29.3 Å². The maximum atomic E-state index is 9.36. The third-order valence-electron chi connectivity index (χ3n) is 4.96. The molecule has 2 saturated heterocycles.